The summed E-state index contributed by atoms with van der Waals surface area (Å²) in [5.41, 5.74) is 1.17. The lowest BCUT2D eigenvalue weighted by Gasteiger charge is -2.30. The van der Waals surface area contributed by atoms with Gasteiger partial charge in [0, 0.05) is 18.3 Å². The Morgan fingerprint density at radius 2 is 1.83 bits per heavy atom. The van der Waals surface area contributed by atoms with Crippen LogP contribution in [0.15, 0.2) is 59.0 Å². The largest absolute Gasteiger partial charge is 0.464 e. The lowest BCUT2D eigenvalue weighted by atomic mass is 10.1. The molecule has 0 radical (unpaired) electrons. The van der Waals surface area contributed by atoms with Crippen LogP contribution < -0.4 is 14.8 Å². The minimum atomic E-state index is -0.490. The third-order valence-corrected chi connectivity index (χ3v) is 5.57. The number of halogens is 1. The van der Waals surface area contributed by atoms with Crippen molar-refractivity contribution in [3.05, 3.63) is 77.5 Å². The van der Waals surface area contributed by atoms with E-state index in [0.717, 1.165) is 11.3 Å². The van der Waals surface area contributed by atoms with Crippen LogP contribution in [-0.2, 0) is 17.9 Å². The number of amides is 3. The molecule has 1 aromatic heterocycles. The molecule has 3 aromatic rings. The van der Waals surface area contributed by atoms with Gasteiger partial charge in [-0.15, -0.1) is 0 Å². The van der Waals surface area contributed by atoms with E-state index in [1.54, 1.807) is 11.0 Å². The number of rotatable bonds is 8. The van der Waals surface area contributed by atoms with Crippen LogP contribution in [0.3, 0.4) is 0 Å². The van der Waals surface area contributed by atoms with Gasteiger partial charge in [0.2, 0.25) is 12.7 Å². The molecular weight excluding hydrogens is 453 g/mol. The fourth-order valence-electron chi connectivity index (χ4n) is 3.75. The maximum atomic E-state index is 13.5. The van der Waals surface area contributed by atoms with Crippen LogP contribution in [-0.4, -0.2) is 41.1 Å². The normalized spacial score (nSPS) is 12.0. The second kappa shape index (κ2) is 10.5. The number of carbonyl (C=O) groups is 2. The lowest BCUT2D eigenvalue weighted by Crippen LogP contribution is -2.47. The number of aryl methyl sites for hydroxylation is 1. The molecule has 1 aliphatic rings. The van der Waals surface area contributed by atoms with Crippen LogP contribution in [0.1, 0.15) is 30.9 Å². The fourth-order valence-corrected chi connectivity index (χ4v) is 3.75. The van der Waals surface area contributed by atoms with Gasteiger partial charge in [0.15, 0.2) is 11.5 Å². The van der Waals surface area contributed by atoms with Crippen LogP contribution in [0.4, 0.5) is 14.9 Å². The summed E-state index contributed by atoms with van der Waals surface area (Å²) in [6.07, 6.45) is 0. The summed E-state index contributed by atoms with van der Waals surface area (Å²) in [5, 5.41) is 2.67. The van der Waals surface area contributed by atoms with Crippen molar-refractivity contribution < 1.29 is 27.9 Å². The standard InChI is InChI=1S/C26H28FN3O5/c1-17(2)30(26(32)28-21-6-4-5-20(27)12-21)15-25(31)29(14-22-9-7-18(3)35-22)13-19-8-10-23-24(11-19)34-16-33-23/h4-12,17H,13-16H2,1-3H3,(H,28,32). The molecule has 9 heteroatoms. The van der Waals surface area contributed by atoms with E-state index in [1.807, 2.05) is 51.1 Å². The van der Waals surface area contributed by atoms with E-state index < -0.39 is 11.8 Å². The number of fused-ring (bicyclic) bond motifs is 1. The molecule has 2 aromatic carbocycles. The monoisotopic (exact) mass is 481 g/mol. The Hall–Kier alpha value is -4.01. The van der Waals surface area contributed by atoms with Crippen molar-refractivity contribution in [2.24, 2.45) is 0 Å². The first-order valence-corrected chi connectivity index (χ1v) is 11.3. The maximum Gasteiger partial charge on any atom is 0.322 e. The first-order chi connectivity index (χ1) is 16.8. The van der Waals surface area contributed by atoms with Crippen LogP contribution in [0, 0.1) is 12.7 Å². The molecule has 4 rings (SSSR count). The SMILES string of the molecule is Cc1ccc(CN(Cc2ccc3c(c2)OCO3)C(=O)CN(C(=O)Nc2cccc(F)c2)C(C)C)o1. The van der Waals surface area contributed by atoms with Gasteiger partial charge in [0.05, 0.1) is 6.54 Å². The van der Waals surface area contributed by atoms with Crippen molar-refractivity contribution in [3.8, 4) is 11.5 Å². The molecule has 184 valence electrons. The molecule has 1 aliphatic heterocycles. The van der Waals surface area contributed by atoms with Crippen molar-refractivity contribution in [1.82, 2.24) is 9.80 Å². The number of benzene rings is 2. The molecule has 0 fully saturated rings. The number of carbonyl (C=O) groups excluding carboxylic acids is 2. The second-order valence-corrected chi connectivity index (χ2v) is 8.61. The smallest absolute Gasteiger partial charge is 0.322 e. The van der Waals surface area contributed by atoms with Gasteiger partial charge in [-0.3, -0.25) is 4.79 Å². The molecule has 0 saturated heterocycles. The molecule has 0 saturated carbocycles. The lowest BCUT2D eigenvalue weighted by molar-refractivity contribution is -0.133. The zero-order valence-electron chi connectivity index (χ0n) is 19.9. The van der Waals surface area contributed by atoms with E-state index in [4.69, 9.17) is 13.9 Å². The minimum absolute atomic E-state index is 0.164. The number of urea groups is 1. The summed E-state index contributed by atoms with van der Waals surface area (Å²) < 4.78 is 30.1. The highest BCUT2D eigenvalue weighted by Gasteiger charge is 2.25. The highest BCUT2D eigenvalue weighted by atomic mass is 19.1. The number of ether oxygens (including phenoxy) is 2. The molecule has 0 bridgehead atoms. The van der Waals surface area contributed by atoms with E-state index in [-0.39, 0.29) is 38.4 Å². The molecule has 35 heavy (non-hydrogen) atoms. The molecular formula is C26H28FN3O5. The third-order valence-electron chi connectivity index (χ3n) is 5.57. The Kier molecular flexibility index (Phi) is 7.24. The summed E-state index contributed by atoms with van der Waals surface area (Å²) in [6, 6.07) is 14.0. The molecule has 0 unspecified atom stereocenters. The number of anilines is 1. The van der Waals surface area contributed by atoms with E-state index in [1.165, 1.54) is 23.1 Å². The average Bonchev–Trinajstić information content (AvgIpc) is 3.44. The van der Waals surface area contributed by atoms with Crippen molar-refractivity contribution in [3.63, 3.8) is 0 Å². The average molecular weight is 482 g/mol. The minimum Gasteiger partial charge on any atom is -0.464 e. The summed E-state index contributed by atoms with van der Waals surface area (Å²) in [6.45, 7) is 5.99. The number of hydrogen-bond donors (Lipinski definition) is 1. The van der Waals surface area contributed by atoms with Crippen molar-refractivity contribution in [2.75, 3.05) is 18.7 Å². The molecule has 0 atom stereocenters. The molecule has 8 nitrogen and oxygen atoms in total. The Labute approximate surface area is 203 Å². The number of nitrogens with zero attached hydrogens (tertiary/aromatic N) is 2. The molecule has 0 aliphatic carbocycles. The van der Waals surface area contributed by atoms with E-state index in [9.17, 15) is 14.0 Å². The van der Waals surface area contributed by atoms with Gasteiger partial charge >= 0.3 is 6.03 Å². The van der Waals surface area contributed by atoms with Crippen LogP contribution in [0.5, 0.6) is 11.5 Å². The third kappa shape index (κ3) is 6.11. The van der Waals surface area contributed by atoms with Crippen molar-refractivity contribution in [1.29, 1.82) is 0 Å². The predicted molar refractivity (Wildman–Crippen MR) is 128 cm³/mol. The predicted octanol–water partition coefficient (Wildman–Crippen LogP) is 4.93. The number of furan rings is 1. The van der Waals surface area contributed by atoms with Gasteiger partial charge in [-0.1, -0.05) is 12.1 Å². The van der Waals surface area contributed by atoms with E-state index >= 15 is 0 Å². The van der Waals surface area contributed by atoms with E-state index in [0.29, 0.717) is 22.9 Å². The Bertz CT molecular complexity index is 1210. The van der Waals surface area contributed by atoms with Gasteiger partial charge in [-0.05, 0) is 68.8 Å². The van der Waals surface area contributed by atoms with Gasteiger partial charge in [-0.2, -0.15) is 0 Å². The van der Waals surface area contributed by atoms with Crippen molar-refractivity contribution in [2.45, 2.75) is 39.9 Å². The Morgan fingerprint density at radius 1 is 1.03 bits per heavy atom. The van der Waals surface area contributed by atoms with E-state index in [2.05, 4.69) is 5.32 Å². The van der Waals surface area contributed by atoms with Gasteiger partial charge in [0.25, 0.3) is 0 Å². The number of hydrogen-bond acceptors (Lipinski definition) is 5. The summed E-state index contributed by atoms with van der Waals surface area (Å²) >= 11 is 0. The summed E-state index contributed by atoms with van der Waals surface area (Å²) in [7, 11) is 0. The van der Waals surface area contributed by atoms with Crippen molar-refractivity contribution >= 4 is 17.6 Å². The quantitative estimate of drug-likeness (QED) is 0.493. The maximum absolute atomic E-state index is 13.5. The first-order valence-electron chi connectivity index (χ1n) is 11.3. The Morgan fingerprint density at radius 3 is 2.54 bits per heavy atom. The molecule has 1 N–H and O–H groups in total. The fraction of sp³-hybridized carbons (Fsp3) is 0.308. The van der Waals surface area contributed by atoms with Crippen LogP contribution >= 0.6 is 0 Å². The topological polar surface area (TPSA) is 84.2 Å². The molecule has 3 amide bonds. The zero-order valence-corrected chi connectivity index (χ0v) is 19.9. The summed E-state index contributed by atoms with van der Waals surface area (Å²) in [5.74, 6) is 1.94. The van der Waals surface area contributed by atoms with Crippen LogP contribution in [0.2, 0.25) is 0 Å². The molecule has 2 heterocycles. The molecule has 0 spiro atoms. The van der Waals surface area contributed by atoms with Crippen LogP contribution in [0.25, 0.3) is 0 Å². The Balaban J connectivity index is 1.51. The zero-order chi connectivity index (χ0) is 24.9. The van der Waals surface area contributed by atoms with Gasteiger partial charge in [0.1, 0.15) is 23.9 Å². The van der Waals surface area contributed by atoms with Gasteiger partial charge in [-0.25, -0.2) is 9.18 Å². The highest BCUT2D eigenvalue weighted by molar-refractivity contribution is 5.92. The second-order valence-electron chi connectivity index (χ2n) is 8.61. The number of nitrogens with one attached hydrogen (secondary N) is 1. The highest BCUT2D eigenvalue weighted by Crippen LogP contribution is 2.33. The van der Waals surface area contributed by atoms with Gasteiger partial charge < -0.3 is 29.0 Å². The first kappa shape index (κ1) is 24.1. The summed E-state index contributed by atoms with van der Waals surface area (Å²) in [4.78, 5) is 29.4.